The predicted molar refractivity (Wildman–Crippen MR) is 111 cm³/mol. The lowest BCUT2D eigenvalue weighted by molar-refractivity contribution is 0.291. The van der Waals surface area contributed by atoms with Crippen LogP contribution in [0, 0.1) is 27.7 Å². The van der Waals surface area contributed by atoms with Gasteiger partial charge in [-0.1, -0.05) is 18.2 Å². The fourth-order valence-corrected chi connectivity index (χ4v) is 3.54. The minimum Gasteiger partial charge on any atom is -0.493 e. The molecule has 1 aromatic heterocycles. The van der Waals surface area contributed by atoms with E-state index >= 15 is 0 Å². The summed E-state index contributed by atoms with van der Waals surface area (Å²) < 4.78 is 8.28. The van der Waals surface area contributed by atoms with Gasteiger partial charge in [-0.2, -0.15) is 0 Å². The molecule has 2 aromatic carbocycles. The van der Waals surface area contributed by atoms with Crippen LogP contribution in [0.25, 0.3) is 11.0 Å². The fraction of sp³-hybridized carbons (Fsp3) is 0.435. The molecule has 3 aromatic rings. The summed E-state index contributed by atoms with van der Waals surface area (Å²) in [5, 5.41) is 9.39. The summed E-state index contributed by atoms with van der Waals surface area (Å²) in [4.78, 5) is 4.75. The van der Waals surface area contributed by atoms with Crippen LogP contribution in [0.1, 0.15) is 40.9 Å². The van der Waals surface area contributed by atoms with Gasteiger partial charge in [0.1, 0.15) is 11.6 Å². The highest BCUT2D eigenvalue weighted by Crippen LogP contribution is 2.24. The van der Waals surface area contributed by atoms with E-state index in [-0.39, 0.29) is 6.61 Å². The molecule has 144 valence electrons. The van der Waals surface area contributed by atoms with Gasteiger partial charge < -0.3 is 14.4 Å². The Balaban J connectivity index is 1.66. The second-order valence-corrected chi connectivity index (χ2v) is 7.35. The molecular weight excluding hydrogens is 336 g/mol. The maximum Gasteiger partial charge on any atom is 0.125 e. The Labute approximate surface area is 161 Å². The van der Waals surface area contributed by atoms with E-state index in [1.807, 2.05) is 0 Å². The third-order valence-electron chi connectivity index (χ3n) is 5.21. The average molecular weight is 367 g/mol. The Morgan fingerprint density at radius 2 is 1.67 bits per heavy atom. The van der Waals surface area contributed by atoms with Gasteiger partial charge in [0.15, 0.2) is 0 Å². The zero-order valence-electron chi connectivity index (χ0n) is 16.9. The maximum atomic E-state index is 9.39. The molecule has 4 heteroatoms. The van der Waals surface area contributed by atoms with Crippen molar-refractivity contribution >= 4 is 11.0 Å². The van der Waals surface area contributed by atoms with Crippen LogP contribution in [0.4, 0.5) is 0 Å². The smallest absolute Gasteiger partial charge is 0.125 e. The number of aryl methyl sites for hydroxylation is 5. The zero-order valence-corrected chi connectivity index (χ0v) is 16.9. The number of nitrogens with zero attached hydrogens (tertiary/aromatic N) is 2. The van der Waals surface area contributed by atoms with E-state index in [0.717, 1.165) is 42.0 Å². The average Bonchev–Trinajstić information content (AvgIpc) is 2.94. The van der Waals surface area contributed by atoms with Crippen molar-refractivity contribution in [3.63, 3.8) is 0 Å². The van der Waals surface area contributed by atoms with E-state index in [1.54, 1.807) is 0 Å². The van der Waals surface area contributed by atoms with Crippen molar-refractivity contribution in [1.29, 1.82) is 0 Å². The van der Waals surface area contributed by atoms with E-state index in [4.69, 9.17) is 9.72 Å². The summed E-state index contributed by atoms with van der Waals surface area (Å²) in [6, 6.07) is 10.6. The predicted octanol–water partition coefficient (Wildman–Crippen LogP) is 4.66. The Morgan fingerprint density at radius 1 is 0.963 bits per heavy atom. The van der Waals surface area contributed by atoms with Crippen LogP contribution in [-0.4, -0.2) is 27.9 Å². The molecule has 0 aliphatic carbocycles. The molecule has 0 saturated carbocycles. The first-order valence-electron chi connectivity index (χ1n) is 9.77. The minimum absolute atomic E-state index is 0.122. The molecule has 0 radical (unpaired) electrons. The fourth-order valence-electron chi connectivity index (χ4n) is 3.54. The first-order valence-corrected chi connectivity index (χ1v) is 9.77. The lowest BCUT2D eigenvalue weighted by Gasteiger charge is -2.13. The SMILES string of the molecule is Cc1cc2nc(CCO)n(CCCCOc3c(C)cccc3C)c2cc1C. The number of hydrogen-bond acceptors (Lipinski definition) is 3. The molecule has 0 unspecified atom stereocenters. The molecule has 0 spiro atoms. The molecule has 3 rings (SSSR count). The highest BCUT2D eigenvalue weighted by atomic mass is 16.5. The molecule has 1 N–H and O–H groups in total. The van der Waals surface area contributed by atoms with Gasteiger partial charge >= 0.3 is 0 Å². The summed E-state index contributed by atoms with van der Waals surface area (Å²) in [5.74, 6) is 1.98. The number of ether oxygens (including phenoxy) is 1. The third-order valence-corrected chi connectivity index (χ3v) is 5.21. The van der Waals surface area contributed by atoms with Crippen molar-refractivity contribution < 1.29 is 9.84 Å². The van der Waals surface area contributed by atoms with Crippen molar-refractivity contribution in [1.82, 2.24) is 9.55 Å². The highest BCUT2D eigenvalue weighted by molar-refractivity contribution is 5.78. The second kappa shape index (κ2) is 8.57. The number of hydrogen-bond donors (Lipinski definition) is 1. The van der Waals surface area contributed by atoms with Crippen LogP contribution >= 0.6 is 0 Å². The number of rotatable bonds is 8. The van der Waals surface area contributed by atoms with Crippen molar-refractivity contribution in [3.05, 3.63) is 58.4 Å². The van der Waals surface area contributed by atoms with Crippen LogP contribution in [0.15, 0.2) is 30.3 Å². The van der Waals surface area contributed by atoms with E-state index in [2.05, 4.69) is 62.6 Å². The molecule has 0 bridgehead atoms. The Bertz CT molecular complexity index is 908. The van der Waals surface area contributed by atoms with Crippen LogP contribution < -0.4 is 4.74 Å². The molecular formula is C23H30N2O2. The summed E-state index contributed by atoms with van der Waals surface area (Å²) in [6.07, 6.45) is 2.59. The van der Waals surface area contributed by atoms with E-state index in [9.17, 15) is 5.11 Å². The highest BCUT2D eigenvalue weighted by Gasteiger charge is 2.12. The molecule has 0 atom stereocenters. The number of imidazole rings is 1. The van der Waals surface area contributed by atoms with E-state index in [1.165, 1.54) is 22.3 Å². The molecule has 0 saturated heterocycles. The Morgan fingerprint density at radius 3 is 2.37 bits per heavy atom. The number of benzene rings is 2. The molecule has 0 amide bonds. The maximum absolute atomic E-state index is 9.39. The van der Waals surface area contributed by atoms with Crippen molar-refractivity contribution in [2.75, 3.05) is 13.2 Å². The van der Waals surface area contributed by atoms with Crippen LogP contribution in [0.2, 0.25) is 0 Å². The Hall–Kier alpha value is -2.33. The number of para-hydroxylation sites is 1. The van der Waals surface area contributed by atoms with E-state index in [0.29, 0.717) is 13.0 Å². The van der Waals surface area contributed by atoms with Gasteiger partial charge in [-0.15, -0.1) is 0 Å². The van der Waals surface area contributed by atoms with Crippen molar-refractivity contribution in [2.45, 2.75) is 53.5 Å². The van der Waals surface area contributed by atoms with Crippen molar-refractivity contribution in [2.24, 2.45) is 0 Å². The minimum atomic E-state index is 0.122. The zero-order chi connectivity index (χ0) is 19.4. The molecule has 0 fully saturated rings. The molecule has 27 heavy (non-hydrogen) atoms. The Kier molecular flexibility index (Phi) is 6.17. The summed E-state index contributed by atoms with van der Waals surface area (Å²) in [7, 11) is 0. The van der Waals surface area contributed by atoms with Crippen LogP contribution in [0.3, 0.4) is 0 Å². The van der Waals surface area contributed by atoms with Gasteiger partial charge in [-0.05, 0) is 74.9 Å². The van der Waals surface area contributed by atoms with Gasteiger partial charge in [0, 0.05) is 13.0 Å². The van der Waals surface area contributed by atoms with Crippen LogP contribution in [-0.2, 0) is 13.0 Å². The topological polar surface area (TPSA) is 47.3 Å². The molecule has 4 nitrogen and oxygen atoms in total. The first kappa shape index (κ1) is 19.4. The number of aliphatic hydroxyl groups excluding tert-OH is 1. The van der Waals surface area contributed by atoms with Gasteiger partial charge in [0.2, 0.25) is 0 Å². The number of aromatic nitrogens is 2. The lowest BCUT2D eigenvalue weighted by Crippen LogP contribution is -2.08. The quantitative estimate of drug-likeness (QED) is 0.590. The molecule has 0 aliphatic rings. The molecule has 1 heterocycles. The third kappa shape index (κ3) is 4.33. The normalized spacial score (nSPS) is 11.3. The second-order valence-electron chi connectivity index (χ2n) is 7.35. The monoisotopic (exact) mass is 366 g/mol. The standard InChI is InChI=1S/C23H30N2O2/c1-16-8-7-9-17(2)23(16)27-13-6-5-11-25-21-15-19(4)18(3)14-20(21)24-22(25)10-12-26/h7-9,14-15,26H,5-6,10-13H2,1-4H3. The molecule has 0 aliphatic heterocycles. The van der Waals surface area contributed by atoms with Gasteiger partial charge in [0.05, 0.1) is 24.2 Å². The lowest BCUT2D eigenvalue weighted by atomic mass is 10.1. The van der Waals surface area contributed by atoms with Crippen LogP contribution in [0.5, 0.6) is 5.75 Å². The number of unbranched alkanes of at least 4 members (excludes halogenated alkanes) is 1. The number of aliphatic hydroxyl groups is 1. The number of fused-ring (bicyclic) bond motifs is 1. The van der Waals surface area contributed by atoms with Gasteiger partial charge in [0.25, 0.3) is 0 Å². The van der Waals surface area contributed by atoms with Crippen molar-refractivity contribution in [3.8, 4) is 5.75 Å². The first-order chi connectivity index (χ1) is 13.0. The largest absolute Gasteiger partial charge is 0.493 e. The summed E-state index contributed by atoms with van der Waals surface area (Å²) >= 11 is 0. The van der Waals surface area contributed by atoms with Gasteiger partial charge in [-0.3, -0.25) is 0 Å². The van der Waals surface area contributed by atoms with E-state index < -0.39 is 0 Å². The summed E-state index contributed by atoms with van der Waals surface area (Å²) in [6.45, 7) is 10.2. The van der Waals surface area contributed by atoms with Gasteiger partial charge in [-0.25, -0.2) is 4.98 Å². The summed E-state index contributed by atoms with van der Waals surface area (Å²) in [5.41, 5.74) is 7.09.